The van der Waals surface area contributed by atoms with Gasteiger partial charge >= 0.3 is 29.6 Å². The molecule has 1 rings (SSSR count). The SMILES string of the molecule is CCCCCCCCCC(CCCCCCC)Cc1ccccc1S(=O)(=O)[O-].[Na+]. The first-order chi connectivity index (χ1) is 13.5. The van der Waals surface area contributed by atoms with Crippen LogP contribution in [-0.4, -0.2) is 13.0 Å². The monoisotopic (exact) mass is 432 g/mol. The largest absolute Gasteiger partial charge is 1.00 e. The fraction of sp³-hybridized carbons (Fsp3) is 0.750. The summed E-state index contributed by atoms with van der Waals surface area (Å²) in [6.45, 7) is 4.47. The molecule has 0 aliphatic carbocycles. The van der Waals surface area contributed by atoms with Crippen LogP contribution in [0.5, 0.6) is 0 Å². The van der Waals surface area contributed by atoms with Crippen LogP contribution in [0.3, 0.4) is 0 Å². The summed E-state index contributed by atoms with van der Waals surface area (Å²) in [5.41, 5.74) is 0.707. The Bertz CT molecular complexity index is 616. The zero-order valence-corrected chi connectivity index (χ0v) is 21.9. The quantitative estimate of drug-likeness (QED) is 0.210. The number of benzene rings is 1. The molecule has 162 valence electrons. The minimum atomic E-state index is -4.40. The van der Waals surface area contributed by atoms with Gasteiger partial charge in [-0.25, -0.2) is 8.42 Å². The Balaban J connectivity index is 0.00000784. The Morgan fingerprint density at radius 3 is 1.69 bits per heavy atom. The Morgan fingerprint density at radius 1 is 0.759 bits per heavy atom. The summed E-state index contributed by atoms with van der Waals surface area (Å²) in [4.78, 5) is -0.0226. The van der Waals surface area contributed by atoms with Crippen molar-refractivity contribution in [2.45, 2.75) is 115 Å². The van der Waals surface area contributed by atoms with Crippen molar-refractivity contribution in [2.24, 2.45) is 5.92 Å². The molecule has 1 aromatic carbocycles. The van der Waals surface area contributed by atoms with Crippen molar-refractivity contribution >= 4 is 10.1 Å². The van der Waals surface area contributed by atoms with Crippen LogP contribution in [0.1, 0.15) is 109 Å². The molecule has 0 aliphatic heterocycles. The van der Waals surface area contributed by atoms with Crippen LogP contribution in [0.4, 0.5) is 0 Å². The molecule has 0 spiro atoms. The second-order valence-electron chi connectivity index (χ2n) is 8.24. The van der Waals surface area contributed by atoms with E-state index >= 15 is 0 Å². The molecule has 0 fully saturated rings. The predicted octanol–water partition coefficient (Wildman–Crippen LogP) is 4.25. The maximum Gasteiger partial charge on any atom is 1.00 e. The maximum atomic E-state index is 11.6. The molecule has 1 aromatic rings. The normalized spacial score (nSPS) is 12.5. The van der Waals surface area contributed by atoms with E-state index in [1.54, 1.807) is 6.07 Å². The summed E-state index contributed by atoms with van der Waals surface area (Å²) in [7, 11) is -4.40. The van der Waals surface area contributed by atoms with Gasteiger partial charge in [-0.05, 0) is 24.0 Å². The summed E-state index contributed by atoms with van der Waals surface area (Å²) in [6.07, 6.45) is 18.3. The van der Waals surface area contributed by atoms with Gasteiger partial charge in [0.25, 0.3) is 0 Å². The Morgan fingerprint density at radius 2 is 1.21 bits per heavy atom. The molecular formula is C24H41NaO3S. The summed E-state index contributed by atoms with van der Waals surface area (Å²) >= 11 is 0. The number of rotatable bonds is 17. The van der Waals surface area contributed by atoms with Gasteiger partial charge in [-0.2, -0.15) is 0 Å². The van der Waals surface area contributed by atoms with Crippen LogP contribution >= 0.6 is 0 Å². The van der Waals surface area contributed by atoms with Crippen molar-refractivity contribution in [3.05, 3.63) is 29.8 Å². The third kappa shape index (κ3) is 13.9. The van der Waals surface area contributed by atoms with Crippen LogP contribution < -0.4 is 29.6 Å². The average molecular weight is 433 g/mol. The predicted molar refractivity (Wildman–Crippen MR) is 118 cm³/mol. The van der Waals surface area contributed by atoms with Gasteiger partial charge in [-0.3, -0.25) is 0 Å². The molecular weight excluding hydrogens is 391 g/mol. The van der Waals surface area contributed by atoms with E-state index in [1.807, 2.05) is 12.1 Å². The number of unbranched alkanes of at least 4 members (excludes halogenated alkanes) is 10. The summed E-state index contributed by atoms with van der Waals surface area (Å²) < 4.78 is 34.8. The average Bonchev–Trinajstić information content (AvgIpc) is 2.66. The molecule has 0 radical (unpaired) electrons. The van der Waals surface area contributed by atoms with Crippen molar-refractivity contribution in [3.8, 4) is 0 Å². The van der Waals surface area contributed by atoms with E-state index < -0.39 is 10.1 Å². The van der Waals surface area contributed by atoms with Crippen LogP contribution in [-0.2, 0) is 16.5 Å². The van der Waals surface area contributed by atoms with Gasteiger partial charge in [0.05, 0.1) is 4.90 Å². The number of hydrogen-bond acceptors (Lipinski definition) is 3. The molecule has 1 unspecified atom stereocenters. The first kappa shape index (κ1) is 29.1. The van der Waals surface area contributed by atoms with Gasteiger partial charge in [0.15, 0.2) is 0 Å². The molecule has 0 aliphatic rings. The van der Waals surface area contributed by atoms with E-state index in [0.29, 0.717) is 17.9 Å². The van der Waals surface area contributed by atoms with E-state index in [1.165, 1.54) is 83.1 Å². The zero-order chi connectivity index (χ0) is 20.7. The third-order valence-electron chi connectivity index (χ3n) is 5.68. The fourth-order valence-electron chi connectivity index (χ4n) is 4.00. The molecule has 0 N–H and O–H groups in total. The van der Waals surface area contributed by atoms with Crippen LogP contribution in [0.25, 0.3) is 0 Å². The molecule has 0 aromatic heterocycles. The van der Waals surface area contributed by atoms with Crippen LogP contribution in [0, 0.1) is 5.92 Å². The van der Waals surface area contributed by atoms with E-state index in [9.17, 15) is 13.0 Å². The minimum absolute atomic E-state index is 0. The standard InChI is InChI=1S/C24H42O3S.Na/c1-3-5-7-9-10-12-14-18-22(17-13-11-8-6-4-2)21-23-19-15-16-20-24(23)28(25,26)27;/h15-16,19-20,22H,3-14,17-18,21H2,1-2H3,(H,25,26,27);/q;+1/p-1. The molecule has 3 nitrogen and oxygen atoms in total. The fourth-order valence-corrected chi connectivity index (χ4v) is 4.72. The second kappa shape index (κ2) is 17.8. The molecule has 0 amide bonds. The topological polar surface area (TPSA) is 57.2 Å². The van der Waals surface area contributed by atoms with Gasteiger partial charge in [-0.1, -0.05) is 122 Å². The summed E-state index contributed by atoms with van der Waals surface area (Å²) in [5, 5.41) is 0. The maximum absolute atomic E-state index is 11.6. The smallest absolute Gasteiger partial charge is 0.744 e. The first-order valence-corrected chi connectivity index (χ1v) is 12.9. The molecule has 1 atom stereocenters. The molecule has 0 saturated heterocycles. The van der Waals surface area contributed by atoms with Crippen LogP contribution in [0.15, 0.2) is 29.2 Å². The summed E-state index contributed by atoms with van der Waals surface area (Å²) in [5.74, 6) is 0.472. The van der Waals surface area contributed by atoms with Crippen molar-refractivity contribution in [1.29, 1.82) is 0 Å². The van der Waals surface area contributed by atoms with Gasteiger partial charge in [0.2, 0.25) is 0 Å². The Labute approximate surface area is 202 Å². The molecule has 5 heteroatoms. The molecule has 29 heavy (non-hydrogen) atoms. The Kier molecular flexibility index (Phi) is 17.9. The van der Waals surface area contributed by atoms with E-state index in [2.05, 4.69) is 13.8 Å². The molecule has 0 heterocycles. The van der Waals surface area contributed by atoms with E-state index in [4.69, 9.17) is 0 Å². The number of hydrogen-bond donors (Lipinski definition) is 0. The van der Waals surface area contributed by atoms with Gasteiger partial charge < -0.3 is 4.55 Å². The van der Waals surface area contributed by atoms with E-state index in [0.717, 1.165) is 12.8 Å². The van der Waals surface area contributed by atoms with Gasteiger partial charge in [-0.15, -0.1) is 0 Å². The second-order valence-corrected chi connectivity index (χ2v) is 9.59. The van der Waals surface area contributed by atoms with Crippen molar-refractivity contribution in [1.82, 2.24) is 0 Å². The van der Waals surface area contributed by atoms with Crippen molar-refractivity contribution in [3.63, 3.8) is 0 Å². The van der Waals surface area contributed by atoms with Crippen molar-refractivity contribution in [2.75, 3.05) is 0 Å². The van der Waals surface area contributed by atoms with Gasteiger partial charge in [0.1, 0.15) is 10.1 Å². The Hall–Kier alpha value is 0.130. The zero-order valence-electron chi connectivity index (χ0n) is 19.1. The summed E-state index contributed by atoms with van der Waals surface area (Å²) in [6, 6.07) is 6.77. The van der Waals surface area contributed by atoms with E-state index in [-0.39, 0.29) is 34.5 Å². The van der Waals surface area contributed by atoms with Gasteiger partial charge in [0, 0.05) is 0 Å². The third-order valence-corrected chi connectivity index (χ3v) is 6.62. The molecule has 0 saturated carbocycles. The van der Waals surface area contributed by atoms with Crippen molar-refractivity contribution < 1.29 is 42.5 Å². The first-order valence-electron chi connectivity index (χ1n) is 11.5. The molecule has 0 bridgehead atoms. The van der Waals surface area contributed by atoms with Crippen LogP contribution in [0.2, 0.25) is 0 Å². The minimum Gasteiger partial charge on any atom is -0.744 e.